The van der Waals surface area contributed by atoms with E-state index >= 15 is 0 Å². The normalized spacial score (nSPS) is 15.0. The number of carbonyl (C=O) groups excluding carboxylic acids is 1. The zero-order valence-electron chi connectivity index (χ0n) is 16.0. The summed E-state index contributed by atoms with van der Waals surface area (Å²) in [6.45, 7) is 7.82. The van der Waals surface area contributed by atoms with Crippen molar-refractivity contribution in [2.45, 2.75) is 52.4 Å². The Balaban J connectivity index is 1.77. The van der Waals surface area contributed by atoms with E-state index in [2.05, 4.69) is 41.3 Å². The second-order valence-electron chi connectivity index (χ2n) is 7.29. The molecule has 0 spiro atoms. The van der Waals surface area contributed by atoms with Crippen LogP contribution in [0.15, 0.2) is 30.3 Å². The average molecular weight is 352 g/mol. The van der Waals surface area contributed by atoms with Crippen molar-refractivity contribution in [2.24, 2.45) is 0 Å². The highest BCUT2D eigenvalue weighted by Gasteiger charge is 2.19. The molecule has 0 aliphatic carbocycles. The van der Waals surface area contributed by atoms with Crippen LogP contribution in [0.5, 0.6) is 0 Å². The first kappa shape index (κ1) is 18.4. The van der Waals surface area contributed by atoms with Gasteiger partial charge in [0.25, 0.3) is 5.91 Å². The molecule has 5 nitrogen and oxygen atoms in total. The zero-order valence-corrected chi connectivity index (χ0v) is 16.0. The SMILES string of the molecule is Cc1nc(Nc2ccc(C(C)C)cc2)cc(C(=O)N2CCCCCC2)n1. The largest absolute Gasteiger partial charge is 0.340 e. The van der Waals surface area contributed by atoms with Crippen molar-refractivity contribution in [3.8, 4) is 0 Å². The first-order valence-corrected chi connectivity index (χ1v) is 9.55. The fraction of sp³-hybridized carbons (Fsp3) is 0.476. The Kier molecular flexibility index (Phi) is 5.86. The quantitative estimate of drug-likeness (QED) is 0.869. The van der Waals surface area contributed by atoms with Gasteiger partial charge in [-0.1, -0.05) is 38.8 Å². The van der Waals surface area contributed by atoms with E-state index in [0.717, 1.165) is 31.6 Å². The number of amides is 1. The lowest BCUT2D eigenvalue weighted by Gasteiger charge is -2.20. The molecular formula is C21H28N4O. The van der Waals surface area contributed by atoms with Gasteiger partial charge in [0.05, 0.1) is 0 Å². The van der Waals surface area contributed by atoms with Gasteiger partial charge in [-0.05, 0) is 43.4 Å². The molecule has 1 amide bonds. The minimum absolute atomic E-state index is 0.00982. The van der Waals surface area contributed by atoms with Crippen LogP contribution in [0.4, 0.5) is 11.5 Å². The summed E-state index contributed by atoms with van der Waals surface area (Å²) < 4.78 is 0. The zero-order chi connectivity index (χ0) is 18.5. The molecule has 0 radical (unpaired) electrons. The molecule has 0 bridgehead atoms. The summed E-state index contributed by atoms with van der Waals surface area (Å²) in [7, 11) is 0. The first-order chi connectivity index (χ1) is 12.5. The molecule has 3 rings (SSSR count). The number of likely N-dealkylation sites (tertiary alicyclic amines) is 1. The van der Waals surface area contributed by atoms with Gasteiger partial charge in [-0.25, -0.2) is 9.97 Å². The van der Waals surface area contributed by atoms with Crippen LogP contribution >= 0.6 is 0 Å². The number of anilines is 2. The van der Waals surface area contributed by atoms with Crippen LogP contribution in [-0.2, 0) is 0 Å². The number of nitrogens with zero attached hydrogens (tertiary/aromatic N) is 3. The molecule has 26 heavy (non-hydrogen) atoms. The Labute approximate surface area is 155 Å². The van der Waals surface area contributed by atoms with Gasteiger partial charge in [0.15, 0.2) is 0 Å². The van der Waals surface area contributed by atoms with Gasteiger partial charge >= 0.3 is 0 Å². The summed E-state index contributed by atoms with van der Waals surface area (Å²) in [4.78, 5) is 23.6. The summed E-state index contributed by atoms with van der Waals surface area (Å²) in [6.07, 6.45) is 4.55. The Morgan fingerprint density at radius 3 is 2.31 bits per heavy atom. The van der Waals surface area contributed by atoms with Crippen LogP contribution in [0.1, 0.15) is 67.3 Å². The second kappa shape index (κ2) is 8.30. The monoisotopic (exact) mass is 352 g/mol. The molecule has 1 fully saturated rings. The smallest absolute Gasteiger partial charge is 0.272 e. The Hall–Kier alpha value is -2.43. The molecule has 1 aliphatic rings. The van der Waals surface area contributed by atoms with E-state index in [-0.39, 0.29) is 5.91 Å². The van der Waals surface area contributed by atoms with Gasteiger partial charge in [-0.3, -0.25) is 4.79 Å². The van der Waals surface area contributed by atoms with E-state index < -0.39 is 0 Å². The van der Waals surface area contributed by atoms with Crippen LogP contribution in [-0.4, -0.2) is 33.9 Å². The van der Waals surface area contributed by atoms with Gasteiger partial charge in [0.2, 0.25) is 0 Å². The van der Waals surface area contributed by atoms with Crippen molar-refractivity contribution in [3.05, 3.63) is 47.4 Å². The molecule has 1 aromatic carbocycles. The molecule has 0 saturated carbocycles. The number of hydrogen-bond donors (Lipinski definition) is 1. The fourth-order valence-corrected chi connectivity index (χ4v) is 3.28. The standard InChI is InChI=1S/C21H28N4O/c1-15(2)17-8-10-18(11-9-17)24-20-14-19(22-16(3)23-20)21(26)25-12-6-4-5-7-13-25/h8-11,14-15H,4-7,12-13H2,1-3H3,(H,22,23,24). The van der Waals surface area contributed by atoms with E-state index in [0.29, 0.717) is 23.3 Å². The highest BCUT2D eigenvalue weighted by atomic mass is 16.2. The Morgan fingerprint density at radius 1 is 1.04 bits per heavy atom. The predicted molar refractivity (Wildman–Crippen MR) is 105 cm³/mol. The molecule has 2 aromatic rings. The predicted octanol–water partition coefficient (Wildman–Crippen LogP) is 4.67. The number of aromatic nitrogens is 2. The van der Waals surface area contributed by atoms with Crippen molar-refractivity contribution in [1.82, 2.24) is 14.9 Å². The van der Waals surface area contributed by atoms with E-state index in [4.69, 9.17) is 0 Å². The van der Waals surface area contributed by atoms with Gasteiger partial charge in [0.1, 0.15) is 17.3 Å². The molecule has 1 aromatic heterocycles. The average Bonchev–Trinajstić information content (AvgIpc) is 2.90. The number of rotatable bonds is 4. The number of hydrogen-bond acceptors (Lipinski definition) is 4. The third kappa shape index (κ3) is 4.59. The first-order valence-electron chi connectivity index (χ1n) is 9.55. The summed E-state index contributed by atoms with van der Waals surface area (Å²) in [6, 6.07) is 10.1. The molecule has 1 N–H and O–H groups in total. The minimum Gasteiger partial charge on any atom is -0.340 e. The van der Waals surface area contributed by atoms with Crippen LogP contribution < -0.4 is 5.32 Å². The summed E-state index contributed by atoms with van der Waals surface area (Å²) in [5.41, 5.74) is 2.73. The van der Waals surface area contributed by atoms with E-state index in [1.54, 1.807) is 6.07 Å². The van der Waals surface area contributed by atoms with E-state index in [9.17, 15) is 4.79 Å². The highest BCUT2D eigenvalue weighted by molar-refractivity contribution is 5.93. The van der Waals surface area contributed by atoms with Crippen LogP contribution in [0.25, 0.3) is 0 Å². The maximum absolute atomic E-state index is 12.8. The van der Waals surface area contributed by atoms with Crippen molar-refractivity contribution in [2.75, 3.05) is 18.4 Å². The van der Waals surface area contributed by atoms with Crippen LogP contribution in [0.3, 0.4) is 0 Å². The Morgan fingerprint density at radius 2 is 1.69 bits per heavy atom. The van der Waals surface area contributed by atoms with Crippen molar-refractivity contribution < 1.29 is 4.79 Å². The summed E-state index contributed by atoms with van der Waals surface area (Å²) >= 11 is 0. The molecule has 0 unspecified atom stereocenters. The molecule has 1 aliphatic heterocycles. The lowest BCUT2D eigenvalue weighted by atomic mass is 10.0. The van der Waals surface area contributed by atoms with E-state index in [1.807, 2.05) is 24.0 Å². The molecule has 1 saturated heterocycles. The number of nitrogens with one attached hydrogen (secondary N) is 1. The minimum atomic E-state index is 0.00982. The maximum atomic E-state index is 12.8. The lowest BCUT2D eigenvalue weighted by molar-refractivity contribution is 0.0755. The number of carbonyl (C=O) groups is 1. The van der Waals surface area contributed by atoms with Crippen LogP contribution in [0.2, 0.25) is 0 Å². The lowest BCUT2D eigenvalue weighted by Crippen LogP contribution is -2.32. The van der Waals surface area contributed by atoms with Gasteiger partial charge in [0, 0.05) is 24.8 Å². The Bertz CT molecular complexity index is 747. The summed E-state index contributed by atoms with van der Waals surface area (Å²) in [5.74, 6) is 1.78. The molecule has 0 atom stereocenters. The third-order valence-electron chi connectivity index (χ3n) is 4.80. The van der Waals surface area contributed by atoms with Gasteiger partial charge in [-0.2, -0.15) is 0 Å². The van der Waals surface area contributed by atoms with Crippen LogP contribution in [0, 0.1) is 6.92 Å². The maximum Gasteiger partial charge on any atom is 0.272 e. The van der Waals surface area contributed by atoms with Gasteiger partial charge in [-0.15, -0.1) is 0 Å². The van der Waals surface area contributed by atoms with Crippen molar-refractivity contribution in [1.29, 1.82) is 0 Å². The topological polar surface area (TPSA) is 58.1 Å². The van der Waals surface area contributed by atoms with Crippen molar-refractivity contribution in [3.63, 3.8) is 0 Å². The molecular weight excluding hydrogens is 324 g/mol. The van der Waals surface area contributed by atoms with E-state index in [1.165, 1.54) is 18.4 Å². The molecule has 138 valence electrons. The molecule has 5 heteroatoms. The van der Waals surface area contributed by atoms with Crippen molar-refractivity contribution >= 4 is 17.4 Å². The van der Waals surface area contributed by atoms with Gasteiger partial charge < -0.3 is 10.2 Å². The third-order valence-corrected chi connectivity index (χ3v) is 4.80. The second-order valence-corrected chi connectivity index (χ2v) is 7.29. The number of benzene rings is 1. The molecule has 2 heterocycles. The summed E-state index contributed by atoms with van der Waals surface area (Å²) in [5, 5.41) is 3.30. The number of aryl methyl sites for hydroxylation is 1. The fourth-order valence-electron chi connectivity index (χ4n) is 3.28. The highest BCUT2D eigenvalue weighted by Crippen LogP contribution is 2.21.